The number of aliphatic imine (C=N–C) groups is 1. The molecule has 7 heteroatoms. The summed E-state index contributed by atoms with van der Waals surface area (Å²) in [6.07, 6.45) is 1.42. The van der Waals surface area contributed by atoms with Gasteiger partial charge in [-0.25, -0.2) is 9.79 Å². The number of para-hydroxylation sites is 1. The molecule has 2 aromatic rings. The summed E-state index contributed by atoms with van der Waals surface area (Å²) in [4.78, 5) is 30.5. The Morgan fingerprint density at radius 2 is 2.22 bits per heavy atom. The molecule has 0 unspecified atom stereocenters. The smallest absolute Gasteiger partial charge is 0.265 e. The maximum Gasteiger partial charge on any atom is 0.265 e. The summed E-state index contributed by atoms with van der Waals surface area (Å²) in [6.45, 7) is 0.00946. The predicted molar refractivity (Wildman–Crippen MR) is 63.6 cm³/mol. The average Bonchev–Trinajstić information content (AvgIpc) is 2.75. The van der Waals surface area contributed by atoms with Crippen molar-refractivity contribution in [2.75, 3.05) is 0 Å². The van der Waals surface area contributed by atoms with E-state index in [1.54, 1.807) is 24.3 Å². The lowest BCUT2D eigenvalue weighted by molar-refractivity contribution is 0.0995. The highest BCUT2D eigenvalue weighted by molar-refractivity contribution is 6.01. The van der Waals surface area contributed by atoms with E-state index in [-0.39, 0.29) is 12.2 Å². The molecule has 0 aliphatic heterocycles. The Kier molecular flexibility index (Phi) is 3.20. The fourth-order valence-electron chi connectivity index (χ4n) is 1.75. The van der Waals surface area contributed by atoms with Gasteiger partial charge in [-0.05, 0) is 16.7 Å². The van der Waals surface area contributed by atoms with Gasteiger partial charge < -0.3 is 4.98 Å². The number of fused-ring (bicyclic) bond motifs is 1. The molecular weight excluding hydrogens is 234 g/mol. The molecule has 0 fully saturated rings. The van der Waals surface area contributed by atoms with E-state index in [9.17, 15) is 9.59 Å². The SMILES string of the molecule is [N-]=[N+]=NC(=O)c1[nH]c2ccccc2c1CN=C=O. The number of H-pyrrole nitrogens is 1. The summed E-state index contributed by atoms with van der Waals surface area (Å²) in [5.74, 6) is -0.732. The number of nitrogens with zero attached hydrogens (tertiary/aromatic N) is 4. The molecular formula is C11H7N5O2. The molecule has 2 rings (SSSR count). The molecule has 0 aliphatic carbocycles. The predicted octanol–water partition coefficient (Wildman–Crippen LogP) is 2.45. The van der Waals surface area contributed by atoms with Gasteiger partial charge in [0, 0.05) is 21.4 Å². The van der Waals surface area contributed by atoms with Crippen LogP contribution < -0.4 is 0 Å². The molecule has 1 N–H and O–H groups in total. The zero-order chi connectivity index (χ0) is 13.0. The normalized spacial score (nSPS) is 9.56. The second kappa shape index (κ2) is 4.97. The molecule has 0 aliphatic rings. The maximum absolute atomic E-state index is 11.6. The summed E-state index contributed by atoms with van der Waals surface area (Å²) in [5, 5.41) is 3.79. The van der Waals surface area contributed by atoms with Crippen molar-refractivity contribution in [3.05, 3.63) is 46.0 Å². The molecule has 0 saturated carbocycles. The van der Waals surface area contributed by atoms with Gasteiger partial charge in [-0.2, -0.15) is 0 Å². The minimum absolute atomic E-state index is 0.00946. The quantitative estimate of drug-likeness (QED) is 0.292. The van der Waals surface area contributed by atoms with Crippen LogP contribution in [0.4, 0.5) is 0 Å². The Morgan fingerprint density at radius 3 is 2.94 bits per heavy atom. The van der Waals surface area contributed by atoms with E-state index < -0.39 is 5.91 Å². The first-order valence-electron chi connectivity index (χ1n) is 5.00. The molecule has 1 heterocycles. The first-order valence-corrected chi connectivity index (χ1v) is 5.00. The Morgan fingerprint density at radius 1 is 1.44 bits per heavy atom. The van der Waals surface area contributed by atoms with Gasteiger partial charge in [0.2, 0.25) is 6.08 Å². The lowest BCUT2D eigenvalue weighted by atomic mass is 10.1. The lowest BCUT2D eigenvalue weighted by Gasteiger charge is -1.95. The lowest BCUT2D eigenvalue weighted by Crippen LogP contribution is -1.98. The van der Waals surface area contributed by atoms with Gasteiger partial charge in [-0.1, -0.05) is 18.2 Å². The van der Waals surface area contributed by atoms with E-state index >= 15 is 0 Å². The fourth-order valence-corrected chi connectivity index (χ4v) is 1.75. The highest BCUT2D eigenvalue weighted by atomic mass is 16.2. The summed E-state index contributed by atoms with van der Waals surface area (Å²) in [7, 11) is 0. The van der Waals surface area contributed by atoms with Crippen molar-refractivity contribution in [2.24, 2.45) is 10.1 Å². The van der Waals surface area contributed by atoms with Crippen LogP contribution in [0.25, 0.3) is 21.3 Å². The van der Waals surface area contributed by atoms with Crippen molar-refractivity contribution in [2.45, 2.75) is 6.54 Å². The minimum atomic E-state index is -0.732. The van der Waals surface area contributed by atoms with Gasteiger partial charge in [0.05, 0.1) is 12.2 Å². The number of rotatable bonds is 3. The number of carbonyl (C=O) groups excluding carboxylic acids is 2. The van der Waals surface area contributed by atoms with Gasteiger partial charge >= 0.3 is 0 Å². The standard InChI is InChI=1S/C11H7N5O2/c12-16-15-11(18)10-8(5-13-6-17)7-3-1-2-4-9(7)14-10/h1-4,14H,5H2. The van der Waals surface area contributed by atoms with Crippen LogP contribution in [0.1, 0.15) is 16.1 Å². The number of hydrogen-bond acceptors (Lipinski definition) is 3. The number of aromatic amines is 1. The van der Waals surface area contributed by atoms with Gasteiger partial charge in [0.15, 0.2) is 0 Å². The highest BCUT2D eigenvalue weighted by Gasteiger charge is 2.15. The molecule has 0 bridgehead atoms. The van der Waals surface area contributed by atoms with E-state index in [0.717, 1.165) is 5.39 Å². The van der Waals surface area contributed by atoms with Gasteiger partial charge in [0.25, 0.3) is 5.91 Å². The number of nitrogens with one attached hydrogen (secondary N) is 1. The van der Waals surface area contributed by atoms with Crippen LogP contribution in [0.15, 0.2) is 34.4 Å². The third-order valence-electron chi connectivity index (χ3n) is 2.46. The van der Waals surface area contributed by atoms with Gasteiger partial charge in [-0.15, -0.1) is 0 Å². The van der Waals surface area contributed by atoms with Crippen molar-refractivity contribution in [1.82, 2.24) is 4.98 Å². The zero-order valence-corrected chi connectivity index (χ0v) is 9.12. The van der Waals surface area contributed by atoms with Crippen LogP contribution in [-0.2, 0) is 11.3 Å². The van der Waals surface area contributed by atoms with E-state index in [1.807, 2.05) is 0 Å². The average molecular weight is 241 g/mol. The number of amides is 1. The van der Waals surface area contributed by atoms with Crippen LogP contribution in [0, 0.1) is 0 Å². The van der Waals surface area contributed by atoms with E-state index in [4.69, 9.17) is 5.53 Å². The molecule has 1 aromatic heterocycles. The molecule has 18 heavy (non-hydrogen) atoms. The first-order chi connectivity index (χ1) is 8.77. The second-order valence-corrected chi connectivity index (χ2v) is 3.43. The van der Waals surface area contributed by atoms with E-state index in [0.29, 0.717) is 11.1 Å². The topological polar surface area (TPSA) is 111 Å². The number of benzene rings is 1. The molecule has 0 saturated heterocycles. The molecule has 1 amide bonds. The number of hydrogen-bond donors (Lipinski definition) is 1. The van der Waals surface area contributed by atoms with Gasteiger partial charge in [0.1, 0.15) is 0 Å². The summed E-state index contributed by atoms with van der Waals surface area (Å²) in [5.41, 5.74) is 9.66. The first kappa shape index (κ1) is 11.6. The number of azide groups is 1. The fraction of sp³-hybridized carbons (Fsp3) is 0.0909. The summed E-state index contributed by atoms with van der Waals surface area (Å²) >= 11 is 0. The monoisotopic (exact) mass is 241 g/mol. The van der Waals surface area contributed by atoms with Crippen molar-refractivity contribution in [3.63, 3.8) is 0 Å². The van der Waals surface area contributed by atoms with Gasteiger partial charge in [-0.3, -0.25) is 4.79 Å². The van der Waals surface area contributed by atoms with Crippen LogP contribution in [0.3, 0.4) is 0 Å². The molecule has 0 atom stereocenters. The molecule has 88 valence electrons. The zero-order valence-electron chi connectivity index (χ0n) is 9.12. The summed E-state index contributed by atoms with van der Waals surface area (Å²) in [6, 6.07) is 7.16. The van der Waals surface area contributed by atoms with Crippen molar-refractivity contribution in [3.8, 4) is 0 Å². The van der Waals surface area contributed by atoms with Crippen LogP contribution in [0.2, 0.25) is 0 Å². The van der Waals surface area contributed by atoms with E-state index in [1.165, 1.54) is 6.08 Å². The third kappa shape index (κ3) is 1.99. The maximum atomic E-state index is 11.6. The largest absolute Gasteiger partial charge is 0.352 e. The van der Waals surface area contributed by atoms with E-state index in [2.05, 4.69) is 20.0 Å². The van der Waals surface area contributed by atoms with Crippen molar-refractivity contribution < 1.29 is 9.59 Å². The number of isocyanates is 1. The number of aromatic nitrogens is 1. The summed E-state index contributed by atoms with van der Waals surface area (Å²) < 4.78 is 0. The highest BCUT2D eigenvalue weighted by Crippen LogP contribution is 2.23. The Balaban J connectivity index is 2.66. The molecule has 0 radical (unpaired) electrons. The van der Waals surface area contributed by atoms with Crippen molar-refractivity contribution in [1.29, 1.82) is 0 Å². The van der Waals surface area contributed by atoms with Crippen LogP contribution >= 0.6 is 0 Å². The minimum Gasteiger partial charge on any atom is -0.352 e. The Bertz CT molecular complexity index is 705. The van der Waals surface area contributed by atoms with Crippen LogP contribution in [0.5, 0.6) is 0 Å². The van der Waals surface area contributed by atoms with Crippen molar-refractivity contribution >= 4 is 22.9 Å². The third-order valence-corrected chi connectivity index (χ3v) is 2.46. The Labute approximate surface area is 101 Å². The second-order valence-electron chi connectivity index (χ2n) is 3.43. The Hall–Kier alpha value is -2.88. The molecule has 1 aromatic carbocycles. The molecule has 7 nitrogen and oxygen atoms in total. The van der Waals surface area contributed by atoms with Crippen LogP contribution in [-0.4, -0.2) is 17.0 Å². The molecule has 0 spiro atoms. The number of carbonyl (C=O) groups is 1.